The second kappa shape index (κ2) is 8.51. The Kier molecular flexibility index (Phi) is 5.94. The number of carboxylic acids is 1. The summed E-state index contributed by atoms with van der Waals surface area (Å²) in [6.45, 7) is 5.58. The predicted molar refractivity (Wildman–Crippen MR) is 121 cm³/mol. The first-order valence-corrected chi connectivity index (χ1v) is 10.9. The molecule has 1 fully saturated rings. The van der Waals surface area contributed by atoms with Crippen molar-refractivity contribution in [1.82, 2.24) is 9.78 Å². The van der Waals surface area contributed by atoms with Crippen LogP contribution in [-0.2, 0) is 16.4 Å². The summed E-state index contributed by atoms with van der Waals surface area (Å²) < 4.78 is 55.0. The Balaban J connectivity index is 1.65. The van der Waals surface area contributed by atoms with Crippen LogP contribution in [0.3, 0.4) is 0 Å². The highest BCUT2D eigenvalue weighted by Gasteiger charge is 2.53. The third kappa shape index (κ3) is 4.52. The van der Waals surface area contributed by atoms with Crippen molar-refractivity contribution in [1.29, 1.82) is 0 Å². The number of halogens is 4. The van der Waals surface area contributed by atoms with Crippen LogP contribution < -0.4 is 5.32 Å². The normalized spacial score (nSPS) is 14.7. The topological polar surface area (TPSA) is 84.2 Å². The Morgan fingerprint density at radius 3 is 2.37 bits per heavy atom. The first-order valence-electron chi connectivity index (χ1n) is 10.9. The van der Waals surface area contributed by atoms with Gasteiger partial charge in [0.1, 0.15) is 5.82 Å². The van der Waals surface area contributed by atoms with Gasteiger partial charge < -0.3 is 10.4 Å². The number of nitrogens with zero attached hydrogens (tertiary/aromatic N) is 2. The van der Waals surface area contributed by atoms with E-state index in [0.717, 1.165) is 12.1 Å². The number of carbonyl (C=O) groups is 2. The lowest BCUT2D eigenvalue weighted by Crippen LogP contribution is -2.29. The van der Waals surface area contributed by atoms with Crippen LogP contribution in [0.5, 0.6) is 0 Å². The van der Waals surface area contributed by atoms with Gasteiger partial charge in [-0.05, 0) is 63.4 Å². The van der Waals surface area contributed by atoms with E-state index in [1.165, 1.54) is 6.07 Å². The van der Waals surface area contributed by atoms with E-state index in [0.29, 0.717) is 22.8 Å². The minimum Gasteiger partial charge on any atom is -0.478 e. The van der Waals surface area contributed by atoms with Crippen LogP contribution in [0.15, 0.2) is 42.7 Å². The molecule has 35 heavy (non-hydrogen) atoms. The lowest BCUT2D eigenvalue weighted by atomic mass is 9.92. The molecule has 3 aromatic rings. The summed E-state index contributed by atoms with van der Waals surface area (Å²) in [5, 5.41) is 16.7. The number of aryl methyl sites for hydroxylation is 1. The Hall–Kier alpha value is -3.69. The summed E-state index contributed by atoms with van der Waals surface area (Å²) in [4.78, 5) is 25.1. The quantitative estimate of drug-likeness (QED) is 0.418. The molecular weight excluding hydrogens is 466 g/mol. The summed E-state index contributed by atoms with van der Waals surface area (Å²) in [6.07, 6.45) is -0.864. The molecule has 0 spiro atoms. The average Bonchev–Trinajstić information content (AvgIpc) is 3.42. The van der Waals surface area contributed by atoms with Gasteiger partial charge >= 0.3 is 12.1 Å². The first kappa shape index (κ1) is 24.4. The Bertz CT molecular complexity index is 1320. The van der Waals surface area contributed by atoms with Crippen molar-refractivity contribution in [2.75, 3.05) is 5.32 Å². The van der Waals surface area contributed by atoms with Crippen molar-refractivity contribution in [2.45, 2.75) is 51.2 Å². The number of hydrogen-bond donors (Lipinski definition) is 2. The fourth-order valence-electron chi connectivity index (χ4n) is 4.23. The third-order valence-electron chi connectivity index (χ3n) is 6.24. The number of carboxylic acid groups (broad SMARTS) is 1. The van der Waals surface area contributed by atoms with Crippen LogP contribution in [0.4, 0.5) is 23.2 Å². The van der Waals surface area contributed by atoms with E-state index in [1.807, 2.05) is 13.8 Å². The number of amides is 1. The van der Waals surface area contributed by atoms with Gasteiger partial charge in [0.2, 0.25) is 5.91 Å². The van der Waals surface area contributed by atoms with Crippen LogP contribution in [-0.4, -0.2) is 26.8 Å². The largest absolute Gasteiger partial charge is 0.478 e. The van der Waals surface area contributed by atoms with E-state index < -0.39 is 34.8 Å². The molecule has 0 bridgehead atoms. The fraction of sp³-hybridized carbons (Fsp3) is 0.320. The van der Waals surface area contributed by atoms with Gasteiger partial charge in [-0.2, -0.15) is 18.3 Å². The summed E-state index contributed by atoms with van der Waals surface area (Å²) in [5.74, 6) is -2.91. The molecule has 184 valence electrons. The standard InChI is InChI=1S/C25H23F4N3O3/c1-13(2)32-12-15(11-30-32)21-14(3)8-17(10-18(21)22(33)34)31-23(35)24(6-7-24)19-5-4-16(9-20(19)26)25(27,28)29/h4-5,8-13H,6-7H2,1-3H3,(H,31,35)(H,33,34). The second-order valence-corrected chi connectivity index (χ2v) is 9.05. The maximum atomic E-state index is 14.6. The van der Waals surface area contributed by atoms with E-state index in [1.54, 1.807) is 30.1 Å². The third-order valence-corrected chi connectivity index (χ3v) is 6.24. The van der Waals surface area contributed by atoms with Gasteiger partial charge in [-0.15, -0.1) is 0 Å². The summed E-state index contributed by atoms with van der Waals surface area (Å²) in [7, 11) is 0. The highest BCUT2D eigenvalue weighted by atomic mass is 19.4. The number of rotatable bonds is 6. The van der Waals surface area contributed by atoms with E-state index in [9.17, 15) is 32.3 Å². The van der Waals surface area contributed by atoms with Crippen LogP contribution >= 0.6 is 0 Å². The Morgan fingerprint density at radius 1 is 1.17 bits per heavy atom. The molecule has 0 atom stereocenters. The van der Waals surface area contributed by atoms with E-state index in [-0.39, 0.29) is 35.7 Å². The zero-order valence-corrected chi connectivity index (χ0v) is 19.2. The minimum atomic E-state index is -4.70. The molecule has 1 amide bonds. The van der Waals surface area contributed by atoms with Gasteiger partial charge in [0, 0.05) is 34.6 Å². The van der Waals surface area contributed by atoms with Crippen LogP contribution in [0.2, 0.25) is 0 Å². The monoisotopic (exact) mass is 489 g/mol. The molecule has 0 aliphatic heterocycles. The smallest absolute Gasteiger partial charge is 0.416 e. The summed E-state index contributed by atoms with van der Waals surface area (Å²) in [6, 6.07) is 5.14. The fourth-order valence-corrected chi connectivity index (χ4v) is 4.23. The molecule has 1 aromatic heterocycles. The molecule has 1 aliphatic rings. The van der Waals surface area contributed by atoms with Crippen molar-refractivity contribution < 1.29 is 32.3 Å². The van der Waals surface area contributed by atoms with Gasteiger partial charge in [-0.1, -0.05) is 6.07 Å². The number of aromatic carboxylic acids is 1. The number of hydrogen-bond acceptors (Lipinski definition) is 3. The Labute approximate surface area is 198 Å². The van der Waals surface area contributed by atoms with Crippen molar-refractivity contribution in [3.8, 4) is 11.1 Å². The van der Waals surface area contributed by atoms with Crippen molar-refractivity contribution in [3.05, 3.63) is 70.8 Å². The average molecular weight is 489 g/mol. The van der Waals surface area contributed by atoms with Crippen LogP contribution in [0.1, 0.15) is 59.8 Å². The number of aromatic nitrogens is 2. The molecule has 2 N–H and O–H groups in total. The molecular formula is C25H23F4N3O3. The molecule has 6 nitrogen and oxygen atoms in total. The Morgan fingerprint density at radius 2 is 1.86 bits per heavy atom. The van der Waals surface area contributed by atoms with E-state index in [4.69, 9.17) is 0 Å². The predicted octanol–water partition coefficient (Wildman–Crippen LogP) is 5.97. The highest BCUT2D eigenvalue weighted by molar-refractivity contribution is 6.04. The van der Waals surface area contributed by atoms with Gasteiger partial charge in [0.15, 0.2) is 0 Å². The van der Waals surface area contributed by atoms with E-state index >= 15 is 0 Å². The van der Waals surface area contributed by atoms with Gasteiger partial charge in [-0.25, -0.2) is 9.18 Å². The summed E-state index contributed by atoms with van der Waals surface area (Å²) >= 11 is 0. The summed E-state index contributed by atoms with van der Waals surface area (Å²) in [5.41, 5.74) is -0.757. The zero-order chi connectivity index (χ0) is 25.7. The number of nitrogens with one attached hydrogen (secondary N) is 1. The number of benzene rings is 2. The number of carbonyl (C=O) groups excluding carboxylic acids is 1. The van der Waals surface area contributed by atoms with E-state index in [2.05, 4.69) is 10.4 Å². The lowest BCUT2D eigenvalue weighted by Gasteiger charge is -2.19. The molecule has 10 heteroatoms. The van der Waals surface area contributed by atoms with Crippen molar-refractivity contribution in [3.63, 3.8) is 0 Å². The minimum absolute atomic E-state index is 0.0471. The maximum absolute atomic E-state index is 14.6. The SMILES string of the molecule is Cc1cc(NC(=O)C2(c3ccc(C(F)(F)F)cc3F)CC2)cc(C(=O)O)c1-c1cnn(C(C)C)c1. The molecule has 2 aromatic carbocycles. The van der Waals surface area contributed by atoms with Gasteiger partial charge in [0.25, 0.3) is 0 Å². The van der Waals surface area contributed by atoms with Crippen molar-refractivity contribution in [2.24, 2.45) is 0 Å². The number of alkyl halides is 3. The van der Waals surface area contributed by atoms with Crippen LogP contribution in [0, 0.1) is 12.7 Å². The molecule has 0 unspecified atom stereocenters. The molecule has 0 saturated heterocycles. The van der Waals surface area contributed by atoms with Crippen molar-refractivity contribution >= 4 is 17.6 Å². The van der Waals surface area contributed by atoms with Gasteiger partial charge in [0.05, 0.1) is 22.7 Å². The second-order valence-electron chi connectivity index (χ2n) is 9.05. The molecule has 1 aliphatic carbocycles. The van der Waals surface area contributed by atoms with Gasteiger partial charge in [-0.3, -0.25) is 9.48 Å². The number of anilines is 1. The molecule has 0 radical (unpaired) electrons. The first-order chi connectivity index (χ1) is 16.3. The molecule has 1 heterocycles. The zero-order valence-electron chi connectivity index (χ0n) is 19.2. The maximum Gasteiger partial charge on any atom is 0.416 e. The lowest BCUT2D eigenvalue weighted by molar-refractivity contribution is -0.137. The van der Waals surface area contributed by atoms with Crippen LogP contribution in [0.25, 0.3) is 11.1 Å². The molecule has 4 rings (SSSR count). The molecule has 1 saturated carbocycles. The highest BCUT2D eigenvalue weighted by Crippen LogP contribution is 2.50.